The topological polar surface area (TPSA) is 29.1 Å². The van der Waals surface area contributed by atoms with E-state index in [1.165, 1.54) is 22.3 Å². The highest BCUT2D eigenvalue weighted by Crippen LogP contribution is 2.46. The number of amides is 1. The van der Waals surface area contributed by atoms with Gasteiger partial charge in [0.05, 0.1) is 0 Å². The van der Waals surface area contributed by atoms with Gasteiger partial charge in [-0.15, -0.1) is 0 Å². The first kappa shape index (κ1) is 12.0. The molecule has 1 aliphatic rings. The molecule has 0 bridgehead atoms. The fraction of sp³-hybridized carbons (Fsp3) is 0.235. The second kappa shape index (κ2) is 4.54. The standard InChI is InChI=1S/C17H17NO/c1-3-13-14-6-4-5-7-15(14)16-9-8-12(10-17(13)16)18-11(2)19/h4-10,13H,3H2,1-2H3,(H,18,19)/t13-/m1/s1. The second-order valence-corrected chi connectivity index (χ2v) is 5.03. The van der Waals surface area contributed by atoms with E-state index in [4.69, 9.17) is 0 Å². The zero-order chi connectivity index (χ0) is 13.4. The summed E-state index contributed by atoms with van der Waals surface area (Å²) >= 11 is 0. The van der Waals surface area contributed by atoms with Crippen LogP contribution >= 0.6 is 0 Å². The third-order valence-corrected chi connectivity index (χ3v) is 3.78. The van der Waals surface area contributed by atoms with Crippen molar-refractivity contribution in [3.8, 4) is 11.1 Å². The lowest BCUT2D eigenvalue weighted by Gasteiger charge is -2.11. The molecule has 0 aromatic heterocycles. The Hall–Kier alpha value is -2.09. The molecule has 96 valence electrons. The first-order valence-corrected chi connectivity index (χ1v) is 6.71. The molecule has 2 aromatic carbocycles. The molecule has 1 aliphatic carbocycles. The highest BCUT2D eigenvalue weighted by atomic mass is 16.1. The van der Waals surface area contributed by atoms with Gasteiger partial charge in [-0.05, 0) is 40.8 Å². The Kier molecular flexibility index (Phi) is 2.86. The van der Waals surface area contributed by atoms with Crippen molar-refractivity contribution in [3.63, 3.8) is 0 Å². The van der Waals surface area contributed by atoms with Gasteiger partial charge >= 0.3 is 0 Å². The molecule has 1 N–H and O–H groups in total. The smallest absolute Gasteiger partial charge is 0.221 e. The summed E-state index contributed by atoms with van der Waals surface area (Å²) in [5.41, 5.74) is 6.25. The van der Waals surface area contributed by atoms with Crippen molar-refractivity contribution in [1.29, 1.82) is 0 Å². The van der Waals surface area contributed by atoms with Gasteiger partial charge in [0.25, 0.3) is 0 Å². The van der Waals surface area contributed by atoms with E-state index >= 15 is 0 Å². The zero-order valence-electron chi connectivity index (χ0n) is 11.2. The predicted octanol–water partition coefficient (Wildman–Crippen LogP) is 4.17. The van der Waals surface area contributed by atoms with Crippen molar-refractivity contribution in [2.24, 2.45) is 0 Å². The largest absolute Gasteiger partial charge is 0.326 e. The van der Waals surface area contributed by atoms with Crippen molar-refractivity contribution < 1.29 is 4.79 Å². The Morgan fingerprint density at radius 2 is 1.84 bits per heavy atom. The average Bonchev–Trinajstić information content (AvgIpc) is 2.71. The maximum absolute atomic E-state index is 11.2. The van der Waals surface area contributed by atoms with Gasteiger partial charge in [0.15, 0.2) is 0 Å². The summed E-state index contributed by atoms with van der Waals surface area (Å²) in [7, 11) is 0. The molecule has 1 amide bonds. The van der Waals surface area contributed by atoms with Crippen LogP contribution in [0.2, 0.25) is 0 Å². The van der Waals surface area contributed by atoms with E-state index in [0.29, 0.717) is 5.92 Å². The highest BCUT2D eigenvalue weighted by molar-refractivity contribution is 5.90. The monoisotopic (exact) mass is 251 g/mol. The summed E-state index contributed by atoms with van der Waals surface area (Å²) in [6, 6.07) is 14.8. The molecular formula is C17H17NO. The Morgan fingerprint density at radius 3 is 2.58 bits per heavy atom. The van der Waals surface area contributed by atoms with E-state index in [1.807, 2.05) is 6.07 Å². The summed E-state index contributed by atoms with van der Waals surface area (Å²) in [6.45, 7) is 3.75. The summed E-state index contributed by atoms with van der Waals surface area (Å²) in [5, 5.41) is 2.87. The van der Waals surface area contributed by atoms with Gasteiger partial charge in [0.2, 0.25) is 5.91 Å². The number of hydrogen-bond donors (Lipinski definition) is 1. The van der Waals surface area contributed by atoms with Gasteiger partial charge in [-0.25, -0.2) is 0 Å². The van der Waals surface area contributed by atoms with Crippen LogP contribution in [0, 0.1) is 0 Å². The highest BCUT2D eigenvalue weighted by Gasteiger charge is 2.27. The van der Waals surface area contributed by atoms with Crippen LogP contribution in [0.4, 0.5) is 5.69 Å². The fourth-order valence-electron chi connectivity index (χ4n) is 3.03. The Labute approximate surface area is 113 Å². The lowest BCUT2D eigenvalue weighted by atomic mass is 9.94. The van der Waals surface area contributed by atoms with Gasteiger partial charge in [0, 0.05) is 18.5 Å². The van der Waals surface area contributed by atoms with Gasteiger partial charge in [-0.3, -0.25) is 4.79 Å². The van der Waals surface area contributed by atoms with Crippen molar-refractivity contribution in [3.05, 3.63) is 53.6 Å². The van der Waals surface area contributed by atoms with E-state index in [-0.39, 0.29) is 5.91 Å². The molecule has 0 saturated carbocycles. The number of anilines is 1. The number of benzene rings is 2. The van der Waals surface area contributed by atoms with Crippen molar-refractivity contribution >= 4 is 11.6 Å². The van der Waals surface area contributed by atoms with Crippen LogP contribution in [0.5, 0.6) is 0 Å². The molecule has 19 heavy (non-hydrogen) atoms. The molecule has 0 heterocycles. The molecule has 0 fully saturated rings. The second-order valence-electron chi connectivity index (χ2n) is 5.03. The first-order chi connectivity index (χ1) is 9.20. The van der Waals surface area contributed by atoms with Gasteiger partial charge in [0.1, 0.15) is 0 Å². The zero-order valence-corrected chi connectivity index (χ0v) is 11.2. The fourth-order valence-corrected chi connectivity index (χ4v) is 3.03. The lowest BCUT2D eigenvalue weighted by molar-refractivity contribution is -0.114. The van der Waals surface area contributed by atoms with Crippen LogP contribution in [0.25, 0.3) is 11.1 Å². The van der Waals surface area contributed by atoms with E-state index in [1.54, 1.807) is 6.92 Å². The first-order valence-electron chi connectivity index (χ1n) is 6.71. The van der Waals surface area contributed by atoms with Crippen LogP contribution in [0.15, 0.2) is 42.5 Å². The maximum Gasteiger partial charge on any atom is 0.221 e. The number of carbonyl (C=O) groups is 1. The molecule has 2 nitrogen and oxygen atoms in total. The number of carbonyl (C=O) groups excluding carboxylic acids is 1. The van der Waals surface area contributed by atoms with Gasteiger partial charge in [-0.2, -0.15) is 0 Å². The molecule has 1 atom stereocenters. The summed E-state index contributed by atoms with van der Waals surface area (Å²) in [4.78, 5) is 11.2. The predicted molar refractivity (Wildman–Crippen MR) is 78.3 cm³/mol. The van der Waals surface area contributed by atoms with Crippen molar-refractivity contribution in [1.82, 2.24) is 0 Å². The third-order valence-electron chi connectivity index (χ3n) is 3.78. The van der Waals surface area contributed by atoms with Crippen LogP contribution in [-0.2, 0) is 4.79 Å². The molecule has 2 aromatic rings. The Bertz CT molecular complexity index is 645. The molecule has 0 radical (unpaired) electrons. The maximum atomic E-state index is 11.2. The third kappa shape index (κ3) is 1.93. The minimum absolute atomic E-state index is 0.0245. The molecular weight excluding hydrogens is 234 g/mol. The number of rotatable bonds is 2. The summed E-state index contributed by atoms with van der Waals surface area (Å²) in [6.07, 6.45) is 1.08. The van der Waals surface area contributed by atoms with Crippen molar-refractivity contribution in [2.45, 2.75) is 26.2 Å². The van der Waals surface area contributed by atoms with Gasteiger partial charge < -0.3 is 5.32 Å². The normalized spacial score (nSPS) is 15.8. The SMILES string of the molecule is CC[C@@H]1c2ccccc2-c2ccc(NC(C)=O)cc21. The minimum Gasteiger partial charge on any atom is -0.326 e. The average molecular weight is 251 g/mol. The molecule has 0 spiro atoms. The number of fused-ring (bicyclic) bond motifs is 3. The van der Waals surface area contributed by atoms with E-state index in [9.17, 15) is 4.79 Å². The number of nitrogens with one attached hydrogen (secondary N) is 1. The molecule has 3 rings (SSSR count). The molecule has 0 saturated heterocycles. The minimum atomic E-state index is -0.0245. The van der Waals surface area contributed by atoms with E-state index < -0.39 is 0 Å². The lowest BCUT2D eigenvalue weighted by Crippen LogP contribution is -2.06. The Balaban J connectivity index is 2.12. The van der Waals surface area contributed by atoms with Crippen LogP contribution in [0.1, 0.15) is 37.3 Å². The molecule has 0 aliphatic heterocycles. The van der Waals surface area contributed by atoms with E-state index in [0.717, 1.165) is 12.1 Å². The summed E-state index contributed by atoms with van der Waals surface area (Å²) in [5.74, 6) is 0.420. The van der Waals surface area contributed by atoms with Crippen molar-refractivity contribution in [2.75, 3.05) is 5.32 Å². The van der Waals surface area contributed by atoms with E-state index in [2.05, 4.69) is 48.6 Å². The van der Waals surface area contributed by atoms with Crippen LogP contribution in [-0.4, -0.2) is 5.91 Å². The Morgan fingerprint density at radius 1 is 1.11 bits per heavy atom. The van der Waals surface area contributed by atoms with Crippen LogP contribution in [0.3, 0.4) is 0 Å². The van der Waals surface area contributed by atoms with Gasteiger partial charge in [-0.1, -0.05) is 37.3 Å². The summed E-state index contributed by atoms with van der Waals surface area (Å²) < 4.78 is 0. The molecule has 0 unspecified atom stereocenters. The quantitative estimate of drug-likeness (QED) is 0.852. The van der Waals surface area contributed by atoms with Crippen LogP contribution < -0.4 is 5.32 Å². The number of hydrogen-bond acceptors (Lipinski definition) is 1. The molecule has 2 heteroatoms.